The Labute approximate surface area is 109 Å². The minimum Gasteiger partial charge on any atom is -0.342 e. The molecule has 1 heterocycles. The van der Waals surface area contributed by atoms with Crippen molar-refractivity contribution in [3.05, 3.63) is 0 Å². The average Bonchev–Trinajstić information content (AvgIpc) is 2.43. The predicted octanol–water partition coefficient (Wildman–Crippen LogP) is 0.442. The molecule has 0 radical (unpaired) electrons. The van der Waals surface area contributed by atoms with Crippen LogP contribution < -0.4 is 5.73 Å². The second-order valence-electron chi connectivity index (χ2n) is 4.95. The normalized spacial score (nSPS) is 17.7. The van der Waals surface area contributed by atoms with Gasteiger partial charge in [0.15, 0.2) is 0 Å². The summed E-state index contributed by atoms with van der Waals surface area (Å²) in [5.41, 5.74) is 5.69. The van der Waals surface area contributed by atoms with E-state index in [1.807, 2.05) is 4.90 Å². The van der Waals surface area contributed by atoms with Gasteiger partial charge >= 0.3 is 0 Å². The highest BCUT2D eigenvalue weighted by molar-refractivity contribution is 5.76. The molecule has 104 valence electrons. The Kier molecular flexibility index (Phi) is 6.72. The molecule has 1 saturated heterocycles. The minimum absolute atomic E-state index is 0.204. The molecule has 2 N–H and O–H groups in total. The molecule has 1 rings (SSSR count). The Morgan fingerprint density at radius 1 is 1.28 bits per heavy atom. The first-order valence-electron chi connectivity index (χ1n) is 6.88. The molecule has 2 amide bonds. The van der Waals surface area contributed by atoms with Gasteiger partial charge in [0.1, 0.15) is 0 Å². The first kappa shape index (κ1) is 15.0. The third-order valence-corrected chi connectivity index (χ3v) is 3.61. The van der Waals surface area contributed by atoms with Crippen molar-refractivity contribution in [1.82, 2.24) is 9.80 Å². The third-order valence-electron chi connectivity index (χ3n) is 3.61. The smallest absolute Gasteiger partial charge is 0.222 e. The van der Waals surface area contributed by atoms with Crippen LogP contribution in [0.25, 0.3) is 0 Å². The van der Waals surface area contributed by atoms with Gasteiger partial charge < -0.3 is 15.5 Å². The Hall–Kier alpha value is -1.10. The summed E-state index contributed by atoms with van der Waals surface area (Å²) in [6.07, 6.45) is 4.55. The van der Waals surface area contributed by atoms with Crippen LogP contribution in [0.4, 0.5) is 0 Å². The summed E-state index contributed by atoms with van der Waals surface area (Å²) in [6, 6.07) is 0. The molecular formula is C13H25N3O2. The molecule has 0 saturated carbocycles. The van der Waals surface area contributed by atoms with Crippen LogP contribution >= 0.6 is 0 Å². The largest absolute Gasteiger partial charge is 0.342 e. The molecule has 0 bridgehead atoms. The number of hydrogen-bond acceptors (Lipinski definition) is 3. The molecule has 18 heavy (non-hydrogen) atoms. The third kappa shape index (κ3) is 4.64. The summed E-state index contributed by atoms with van der Waals surface area (Å²) in [7, 11) is 0. The Morgan fingerprint density at radius 2 is 1.94 bits per heavy atom. The van der Waals surface area contributed by atoms with E-state index in [1.165, 1.54) is 0 Å². The molecule has 1 aliphatic heterocycles. The molecule has 5 nitrogen and oxygen atoms in total. The van der Waals surface area contributed by atoms with Gasteiger partial charge in [-0.3, -0.25) is 9.59 Å². The fourth-order valence-electron chi connectivity index (χ4n) is 2.35. The van der Waals surface area contributed by atoms with Crippen molar-refractivity contribution in [2.24, 2.45) is 11.7 Å². The first-order chi connectivity index (χ1) is 8.71. The van der Waals surface area contributed by atoms with Crippen LogP contribution in [0.2, 0.25) is 0 Å². The average molecular weight is 255 g/mol. The molecule has 1 atom stereocenters. The lowest BCUT2D eigenvalue weighted by Gasteiger charge is -2.32. The summed E-state index contributed by atoms with van der Waals surface area (Å²) >= 11 is 0. The second kappa shape index (κ2) is 8.08. The van der Waals surface area contributed by atoms with E-state index in [1.54, 1.807) is 4.90 Å². The minimum atomic E-state index is 0.204. The van der Waals surface area contributed by atoms with Crippen molar-refractivity contribution >= 4 is 12.3 Å². The summed E-state index contributed by atoms with van der Waals surface area (Å²) in [5.74, 6) is 0.672. The van der Waals surface area contributed by atoms with Crippen LogP contribution in [0.3, 0.4) is 0 Å². The van der Waals surface area contributed by atoms with Crippen LogP contribution in [-0.4, -0.2) is 54.8 Å². The fraction of sp³-hybridized carbons (Fsp3) is 0.846. The number of nitrogens with zero attached hydrogens (tertiary/aromatic N) is 2. The molecule has 0 aromatic rings. The molecule has 0 aliphatic carbocycles. The molecule has 1 unspecified atom stereocenters. The van der Waals surface area contributed by atoms with Gasteiger partial charge in [0, 0.05) is 32.6 Å². The molecular weight excluding hydrogens is 230 g/mol. The van der Waals surface area contributed by atoms with Crippen LogP contribution in [0, 0.1) is 5.92 Å². The Bertz CT molecular complexity index is 263. The van der Waals surface area contributed by atoms with E-state index in [4.69, 9.17) is 5.73 Å². The van der Waals surface area contributed by atoms with E-state index < -0.39 is 0 Å². The van der Waals surface area contributed by atoms with Gasteiger partial charge in [0.05, 0.1) is 0 Å². The lowest BCUT2D eigenvalue weighted by molar-refractivity contribution is -0.135. The lowest BCUT2D eigenvalue weighted by atomic mass is 9.98. The standard InChI is InChI=1S/C13H25N3O2/c1-2-3-12(10-14)4-5-13(18)16-8-6-15(11-17)7-9-16/h11-12H,2-10,14H2,1H3. The van der Waals surface area contributed by atoms with Crippen LogP contribution in [0.1, 0.15) is 32.6 Å². The van der Waals surface area contributed by atoms with E-state index in [0.717, 1.165) is 25.7 Å². The van der Waals surface area contributed by atoms with Crippen molar-refractivity contribution < 1.29 is 9.59 Å². The van der Waals surface area contributed by atoms with Crippen molar-refractivity contribution in [1.29, 1.82) is 0 Å². The van der Waals surface area contributed by atoms with E-state index in [9.17, 15) is 9.59 Å². The van der Waals surface area contributed by atoms with Gasteiger partial charge in [-0.05, 0) is 25.3 Å². The predicted molar refractivity (Wildman–Crippen MR) is 70.9 cm³/mol. The van der Waals surface area contributed by atoms with E-state index in [-0.39, 0.29) is 5.91 Å². The van der Waals surface area contributed by atoms with Gasteiger partial charge in [-0.1, -0.05) is 13.3 Å². The van der Waals surface area contributed by atoms with Gasteiger partial charge in [-0.2, -0.15) is 0 Å². The van der Waals surface area contributed by atoms with Gasteiger partial charge in [0.2, 0.25) is 12.3 Å². The number of amides is 2. The lowest BCUT2D eigenvalue weighted by Crippen LogP contribution is -2.48. The number of rotatable bonds is 7. The zero-order valence-corrected chi connectivity index (χ0v) is 11.3. The topological polar surface area (TPSA) is 66.6 Å². The van der Waals surface area contributed by atoms with Crippen molar-refractivity contribution in [3.63, 3.8) is 0 Å². The zero-order valence-electron chi connectivity index (χ0n) is 11.3. The second-order valence-corrected chi connectivity index (χ2v) is 4.95. The fourth-order valence-corrected chi connectivity index (χ4v) is 2.35. The number of hydrogen-bond donors (Lipinski definition) is 1. The van der Waals surface area contributed by atoms with Crippen molar-refractivity contribution in [2.75, 3.05) is 32.7 Å². The van der Waals surface area contributed by atoms with Gasteiger partial charge in [0.25, 0.3) is 0 Å². The number of piperazine rings is 1. The van der Waals surface area contributed by atoms with Crippen LogP contribution in [0.15, 0.2) is 0 Å². The van der Waals surface area contributed by atoms with Gasteiger partial charge in [-0.25, -0.2) is 0 Å². The van der Waals surface area contributed by atoms with E-state index in [2.05, 4.69) is 6.92 Å². The number of carbonyl (C=O) groups excluding carboxylic acids is 2. The SMILES string of the molecule is CCCC(CN)CCC(=O)N1CCN(C=O)CC1. The maximum atomic E-state index is 12.0. The van der Waals surface area contributed by atoms with Gasteiger partial charge in [-0.15, -0.1) is 0 Å². The first-order valence-corrected chi connectivity index (χ1v) is 6.88. The monoisotopic (exact) mass is 255 g/mol. The Balaban J connectivity index is 2.26. The summed E-state index contributed by atoms with van der Waals surface area (Å²) in [5, 5.41) is 0. The number of nitrogens with two attached hydrogens (primary N) is 1. The van der Waals surface area contributed by atoms with E-state index >= 15 is 0 Å². The van der Waals surface area contributed by atoms with Crippen LogP contribution in [0.5, 0.6) is 0 Å². The zero-order chi connectivity index (χ0) is 13.4. The maximum Gasteiger partial charge on any atom is 0.222 e. The highest BCUT2D eigenvalue weighted by atomic mass is 16.2. The summed E-state index contributed by atoms with van der Waals surface area (Å²) < 4.78 is 0. The molecule has 0 aromatic heterocycles. The quantitative estimate of drug-likeness (QED) is 0.671. The number of carbonyl (C=O) groups is 2. The maximum absolute atomic E-state index is 12.0. The highest BCUT2D eigenvalue weighted by Crippen LogP contribution is 2.13. The van der Waals surface area contributed by atoms with Crippen molar-refractivity contribution in [2.45, 2.75) is 32.6 Å². The summed E-state index contributed by atoms with van der Waals surface area (Å²) in [4.78, 5) is 26.1. The molecule has 5 heteroatoms. The molecule has 1 aliphatic rings. The van der Waals surface area contributed by atoms with Crippen LogP contribution in [-0.2, 0) is 9.59 Å². The summed E-state index contributed by atoms with van der Waals surface area (Å²) in [6.45, 7) is 5.45. The molecule has 0 aromatic carbocycles. The molecule has 0 spiro atoms. The molecule has 1 fully saturated rings. The highest BCUT2D eigenvalue weighted by Gasteiger charge is 2.20. The Morgan fingerprint density at radius 3 is 2.44 bits per heavy atom. The van der Waals surface area contributed by atoms with Crippen molar-refractivity contribution in [3.8, 4) is 0 Å². The van der Waals surface area contributed by atoms with E-state index in [0.29, 0.717) is 45.1 Å².